The van der Waals surface area contributed by atoms with Crippen molar-refractivity contribution in [1.82, 2.24) is 20.1 Å². The third kappa shape index (κ3) is 4.60. The van der Waals surface area contributed by atoms with Crippen molar-refractivity contribution in [2.45, 2.75) is 6.92 Å². The van der Waals surface area contributed by atoms with Gasteiger partial charge >= 0.3 is 6.03 Å². The van der Waals surface area contributed by atoms with Gasteiger partial charge in [0.15, 0.2) is 11.6 Å². The van der Waals surface area contributed by atoms with E-state index in [1.807, 2.05) is 55.5 Å². The number of hydrogen-bond acceptors (Lipinski definition) is 6. The van der Waals surface area contributed by atoms with Gasteiger partial charge in [-0.3, -0.25) is 0 Å². The topological polar surface area (TPSA) is 86.3 Å². The van der Waals surface area contributed by atoms with Crippen LogP contribution >= 0.6 is 11.6 Å². The van der Waals surface area contributed by atoms with E-state index in [1.165, 1.54) is 0 Å². The Hall–Kier alpha value is -3.39. The first-order valence-corrected chi connectivity index (χ1v) is 10.1. The van der Waals surface area contributed by atoms with E-state index in [-0.39, 0.29) is 6.03 Å². The highest BCUT2D eigenvalue weighted by Crippen LogP contribution is 2.23. The number of hydrogen-bond donors (Lipinski definition) is 2. The highest BCUT2D eigenvalue weighted by Gasteiger charge is 2.22. The van der Waals surface area contributed by atoms with Crippen LogP contribution < -0.4 is 15.5 Å². The van der Waals surface area contributed by atoms with E-state index in [0.29, 0.717) is 42.8 Å². The number of aromatic nitrogens is 3. The fraction of sp³-hybridized carbons (Fsp3) is 0.238. The first kappa shape index (κ1) is 19.9. The first-order valence-electron chi connectivity index (χ1n) is 9.68. The molecule has 2 amide bonds. The molecule has 1 aliphatic rings. The second kappa shape index (κ2) is 8.96. The summed E-state index contributed by atoms with van der Waals surface area (Å²) in [5, 5.41) is 15.2. The minimum atomic E-state index is -0.124. The number of benzene rings is 1. The van der Waals surface area contributed by atoms with Gasteiger partial charge in [0.1, 0.15) is 5.82 Å². The largest absolute Gasteiger partial charge is 0.352 e. The maximum atomic E-state index is 12.6. The lowest BCUT2D eigenvalue weighted by molar-refractivity contribution is 0.208. The summed E-state index contributed by atoms with van der Waals surface area (Å²) in [6, 6.07) is 14.8. The summed E-state index contributed by atoms with van der Waals surface area (Å²) >= 11 is 6.13. The molecule has 1 saturated heterocycles. The average molecular weight is 424 g/mol. The highest BCUT2D eigenvalue weighted by atomic mass is 35.5. The molecule has 0 unspecified atom stereocenters. The van der Waals surface area contributed by atoms with Crippen LogP contribution in [0.3, 0.4) is 0 Å². The quantitative estimate of drug-likeness (QED) is 0.661. The van der Waals surface area contributed by atoms with Gasteiger partial charge in [-0.15, -0.1) is 10.2 Å². The summed E-state index contributed by atoms with van der Waals surface area (Å²) < 4.78 is 0. The molecule has 9 heteroatoms. The zero-order valence-corrected chi connectivity index (χ0v) is 17.3. The van der Waals surface area contributed by atoms with Crippen molar-refractivity contribution in [3.8, 4) is 0 Å². The Kier molecular flexibility index (Phi) is 5.94. The highest BCUT2D eigenvalue weighted by molar-refractivity contribution is 6.31. The Morgan fingerprint density at radius 2 is 1.80 bits per heavy atom. The van der Waals surface area contributed by atoms with E-state index in [1.54, 1.807) is 11.1 Å². The van der Waals surface area contributed by atoms with Gasteiger partial charge in [0, 0.05) is 43.1 Å². The molecule has 0 bridgehead atoms. The van der Waals surface area contributed by atoms with Gasteiger partial charge in [-0.1, -0.05) is 23.7 Å². The van der Waals surface area contributed by atoms with Gasteiger partial charge in [-0.2, -0.15) is 0 Å². The molecule has 4 rings (SSSR count). The lowest BCUT2D eigenvalue weighted by atomic mass is 10.2. The predicted molar refractivity (Wildman–Crippen MR) is 119 cm³/mol. The van der Waals surface area contributed by atoms with Crippen molar-refractivity contribution in [3.63, 3.8) is 0 Å². The smallest absolute Gasteiger partial charge is 0.321 e. The zero-order chi connectivity index (χ0) is 20.9. The molecule has 2 aromatic heterocycles. The van der Waals surface area contributed by atoms with Crippen molar-refractivity contribution >= 4 is 40.8 Å². The molecule has 30 heavy (non-hydrogen) atoms. The summed E-state index contributed by atoms with van der Waals surface area (Å²) in [5.74, 6) is 2.13. The van der Waals surface area contributed by atoms with Crippen LogP contribution in [-0.4, -0.2) is 52.3 Å². The second-order valence-corrected chi connectivity index (χ2v) is 7.34. The van der Waals surface area contributed by atoms with Crippen LogP contribution in [0.2, 0.25) is 5.02 Å². The van der Waals surface area contributed by atoms with E-state index in [9.17, 15) is 4.79 Å². The van der Waals surface area contributed by atoms with Crippen molar-refractivity contribution in [1.29, 1.82) is 0 Å². The van der Waals surface area contributed by atoms with Crippen LogP contribution in [0.25, 0.3) is 0 Å². The van der Waals surface area contributed by atoms with Crippen LogP contribution in [-0.2, 0) is 0 Å². The summed E-state index contributed by atoms with van der Waals surface area (Å²) in [6.45, 7) is 4.45. The van der Waals surface area contributed by atoms with Gasteiger partial charge in [-0.05, 0) is 48.9 Å². The van der Waals surface area contributed by atoms with Gasteiger partial charge in [0.05, 0.1) is 0 Å². The second-order valence-electron chi connectivity index (χ2n) is 6.93. The number of halogens is 1. The number of carbonyl (C=O) groups is 1. The van der Waals surface area contributed by atoms with Crippen LogP contribution in [0.1, 0.15) is 5.56 Å². The van der Waals surface area contributed by atoms with Crippen LogP contribution in [0.5, 0.6) is 0 Å². The van der Waals surface area contributed by atoms with Crippen molar-refractivity contribution in [3.05, 3.63) is 65.3 Å². The van der Waals surface area contributed by atoms with Crippen molar-refractivity contribution in [2.75, 3.05) is 41.7 Å². The molecule has 0 spiro atoms. The fourth-order valence-electron chi connectivity index (χ4n) is 3.20. The van der Waals surface area contributed by atoms with Crippen LogP contribution in [0, 0.1) is 6.92 Å². The Bertz CT molecular complexity index is 1010. The maximum absolute atomic E-state index is 12.6. The number of pyridine rings is 1. The summed E-state index contributed by atoms with van der Waals surface area (Å²) in [4.78, 5) is 20.7. The Labute approximate surface area is 179 Å². The van der Waals surface area contributed by atoms with Crippen molar-refractivity contribution < 1.29 is 4.79 Å². The maximum Gasteiger partial charge on any atom is 0.321 e. The minimum Gasteiger partial charge on any atom is -0.352 e. The van der Waals surface area contributed by atoms with Crippen LogP contribution in [0.4, 0.5) is 27.9 Å². The average Bonchev–Trinajstić information content (AvgIpc) is 2.78. The van der Waals surface area contributed by atoms with E-state index in [2.05, 4.69) is 30.7 Å². The SMILES string of the molecule is Cc1c(Cl)cccc1NC(=O)N1CCN(c2ccc(Nc3ccccn3)nn2)CC1. The number of rotatable bonds is 4. The number of amides is 2. The third-order valence-electron chi connectivity index (χ3n) is 4.97. The summed E-state index contributed by atoms with van der Waals surface area (Å²) in [6.07, 6.45) is 1.72. The molecule has 0 aliphatic carbocycles. The monoisotopic (exact) mass is 423 g/mol. The fourth-order valence-corrected chi connectivity index (χ4v) is 3.38. The number of piperazine rings is 1. The lowest BCUT2D eigenvalue weighted by Gasteiger charge is -2.35. The normalized spacial score (nSPS) is 13.8. The van der Waals surface area contributed by atoms with E-state index < -0.39 is 0 Å². The Morgan fingerprint density at radius 1 is 0.967 bits per heavy atom. The summed E-state index contributed by atoms with van der Waals surface area (Å²) in [5.41, 5.74) is 1.60. The molecule has 1 aromatic carbocycles. The first-order chi connectivity index (χ1) is 14.6. The molecule has 3 aromatic rings. The molecule has 1 fully saturated rings. The number of urea groups is 1. The van der Waals surface area contributed by atoms with E-state index in [0.717, 1.165) is 17.1 Å². The standard InChI is InChI=1S/C21H22ClN7O/c1-15-16(22)5-4-6-17(15)24-21(30)29-13-11-28(12-14-29)20-9-8-19(26-27-20)25-18-7-2-3-10-23-18/h2-10H,11-14H2,1H3,(H,24,30)(H,23,25,26). The number of nitrogens with one attached hydrogen (secondary N) is 2. The molecule has 2 N–H and O–H groups in total. The third-order valence-corrected chi connectivity index (χ3v) is 5.38. The molecule has 0 radical (unpaired) electrons. The number of carbonyl (C=O) groups excluding carboxylic acids is 1. The molecule has 154 valence electrons. The molecule has 0 atom stereocenters. The van der Waals surface area contributed by atoms with E-state index >= 15 is 0 Å². The van der Waals surface area contributed by atoms with Gasteiger partial charge < -0.3 is 20.4 Å². The lowest BCUT2D eigenvalue weighted by Crippen LogP contribution is -2.50. The van der Waals surface area contributed by atoms with Crippen LogP contribution in [0.15, 0.2) is 54.7 Å². The molecular formula is C21H22ClN7O. The molecule has 8 nitrogen and oxygen atoms in total. The number of anilines is 4. The molecular weight excluding hydrogens is 402 g/mol. The van der Waals surface area contributed by atoms with Gasteiger partial charge in [0.25, 0.3) is 0 Å². The van der Waals surface area contributed by atoms with Gasteiger partial charge in [-0.25, -0.2) is 9.78 Å². The molecule has 0 saturated carbocycles. The van der Waals surface area contributed by atoms with E-state index in [4.69, 9.17) is 11.6 Å². The molecule has 3 heterocycles. The van der Waals surface area contributed by atoms with Gasteiger partial charge in [0.2, 0.25) is 0 Å². The number of nitrogens with zero attached hydrogens (tertiary/aromatic N) is 5. The van der Waals surface area contributed by atoms with Crippen molar-refractivity contribution in [2.24, 2.45) is 0 Å². The Morgan fingerprint density at radius 3 is 2.50 bits per heavy atom. The Balaban J connectivity index is 1.32. The zero-order valence-electron chi connectivity index (χ0n) is 16.5. The summed E-state index contributed by atoms with van der Waals surface area (Å²) in [7, 11) is 0. The minimum absolute atomic E-state index is 0.124. The molecule has 1 aliphatic heterocycles. The predicted octanol–water partition coefficient (Wildman–Crippen LogP) is 3.93.